The standard InChI is InChI=1S/C8H19NO/c1-5-10-9-7-6-8(2,3)4/h9H,5-7H2,1-4H3. The minimum absolute atomic E-state index is 0.407. The minimum Gasteiger partial charge on any atom is -0.302 e. The molecule has 0 rings (SSSR count). The summed E-state index contributed by atoms with van der Waals surface area (Å²) < 4.78 is 0. The van der Waals surface area contributed by atoms with Gasteiger partial charge in [0.05, 0.1) is 6.61 Å². The van der Waals surface area contributed by atoms with Gasteiger partial charge in [-0.1, -0.05) is 20.8 Å². The van der Waals surface area contributed by atoms with Gasteiger partial charge >= 0.3 is 0 Å². The van der Waals surface area contributed by atoms with E-state index < -0.39 is 0 Å². The monoisotopic (exact) mass is 145 g/mol. The molecule has 0 saturated heterocycles. The molecule has 1 N–H and O–H groups in total. The molecule has 0 heterocycles. The second-order valence-electron chi connectivity index (χ2n) is 3.64. The van der Waals surface area contributed by atoms with Gasteiger partial charge in [0.1, 0.15) is 0 Å². The first-order valence-corrected chi connectivity index (χ1v) is 3.91. The summed E-state index contributed by atoms with van der Waals surface area (Å²) in [5.41, 5.74) is 3.30. The topological polar surface area (TPSA) is 21.3 Å². The fraction of sp³-hybridized carbons (Fsp3) is 1.00. The largest absolute Gasteiger partial charge is 0.302 e. The molecule has 2 heteroatoms. The van der Waals surface area contributed by atoms with Crippen LogP contribution in [0.4, 0.5) is 0 Å². The second kappa shape index (κ2) is 4.69. The first kappa shape index (κ1) is 9.92. The first-order valence-electron chi connectivity index (χ1n) is 3.91. The Morgan fingerprint density at radius 2 is 1.90 bits per heavy atom. The normalized spacial score (nSPS) is 12.0. The predicted octanol–water partition coefficient (Wildman–Crippen LogP) is 1.96. The molecule has 0 spiro atoms. The fourth-order valence-corrected chi connectivity index (χ4v) is 0.600. The zero-order valence-corrected chi connectivity index (χ0v) is 7.53. The SMILES string of the molecule is CCONCCC(C)(C)C. The lowest BCUT2D eigenvalue weighted by atomic mass is 9.93. The molecule has 0 aliphatic carbocycles. The van der Waals surface area contributed by atoms with E-state index in [1.165, 1.54) is 0 Å². The summed E-state index contributed by atoms with van der Waals surface area (Å²) in [6.45, 7) is 10.3. The average molecular weight is 145 g/mol. The Labute approximate surface area is 63.9 Å². The van der Waals surface area contributed by atoms with E-state index in [1.807, 2.05) is 6.92 Å². The van der Waals surface area contributed by atoms with E-state index in [9.17, 15) is 0 Å². The number of nitrogens with one attached hydrogen (secondary N) is 1. The number of hydroxylamine groups is 1. The average Bonchev–Trinajstić information content (AvgIpc) is 1.78. The lowest BCUT2D eigenvalue weighted by Crippen LogP contribution is -2.20. The molecule has 0 atom stereocenters. The zero-order chi connectivity index (χ0) is 8.04. The van der Waals surface area contributed by atoms with Crippen LogP contribution in [-0.2, 0) is 4.84 Å². The van der Waals surface area contributed by atoms with Crippen LogP contribution in [-0.4, -0.2) is 13.2 Å². The van der Waals surface area contributed by atoms with Crippen molar-refractivity contribution in [1.29, 1.82) is 0 Å². The Morgan fingerprint density at radius 3 is 2.30 bits per heavy atom. The molecule has 0 aliphatic heterocycles. The molecule has 0 unspecified atom stereocenters. The van der Waals surface area contributed by atoms with Crippen LogP contribution in [0, 0.1) is 5.41 Å². The lowest BCUT2D eigenvalue weighted by Gasteiger charge is -2.17. The molecule has 0 aliphatic rings. The van der Waals surface area contributed by atoms with E-state index in [1.54, 1.807) is 0 Å². The van der Waals surface area contributed by atoms with Crippen molar-refractivity contribution in [2.75, 3.05) is 13.2 Å². The van der Waals surface area contributed by atoms with E-state index >= 15 is 0 Å². The summed E-state index contributed by atoms with van der Waals surface area (Å²) >= 11 is 0. The van der Waals surface area contributed by atoms with E-state index in [4.69, 9.17) is 4.84 Å². The van der Waals surface area contributed by atoms with Crippen LogP contribution in [0.5, 0.6) is 0 Å². The maximum absolute atomic E-state index is 4.98. The van der Waals surface area contributed by atoms with Crippen LogP contribution in [0.3, 0.4) is 0 Å². The molecule has 2 nitrogen and oxygen atoms in total. The van der Waals surface area contributed by atoms with Crippen molar-refractivity contribution in [3.05, 3.63) is 0 Å². The third-order valence-corrected chi connectivity index (χ3v) is 1.22. The highest BCUT2D eigenvalue weighted by Crippen LogP contribution is 2.16. The number of hydrogen-bond acceptors (Lipinski definition) is 2. The van der Waals surface area contributed by atoms with Crippen molar-refractivity contribution in [3.63, 3.8) is 0 Å². The molecule has 10 heavy (non-hydrogen) atoms. The molecular formula is C8H19NO. The van der Waals surface area contributed by atoms with Crippen LogP contribution >= 0.6 is 0 Å². The molecular weight excluding hydrogens is 126 g/mol. The Bertz CT molecular complexity index is 75.8. The smallest absolute Gasteiger partial charge is 0.0653 e. The molecule has 0 amide bonds. The highest BCUT2D eigenvalue weighted by atomic mass is 16.6. The van der Waals surface area contributed by atoms with Gasteiger partial charge in [-0.25, -0.2) is 5.48 Å². The van der Waals surface area contributed by atoms with Gasteiger partial charge in [0, 0.05) is 6.54 Å². The van der Waals surface area contributed by atoms with Crippen molar-refractivity contribution in [2.45, 2.75) is 34.1 Å². The van der Waals surface area contributed by atoms with Gasteiger partial charge in [-0.15, -0.1) is 0 Å². The van der Waals surface area contributed by atoms with E-state index in [0.29, 0.717) is 5.41 Å². The summed E-state index contributed by atoms with van der Waals surface area (Å²) in [7, 11) is 0. The molecule has 0 saturated carbocycles. The fourth-order valence-electron chi connectivity index (χ4n) is 0.600. The van der Waals surface area contributed by atoms with Gasteiger partial charge in [0.2, 0.25) is 0 Å². The van der Waals surface area contributed by atoms with Gasteiger partial charge in [0.15, 0.2) is 0 Å². The molecule has 0 fully saturated rings. The molecule has 0 bridgehead atoms. The summed E-state index contributed by atoms with van der Waals surface area (Å²) in [4.78, 5) is 4.98. The van der Waals surface area contributed by atoms with E-state index in [-0.39, 0.29) is 0 Å². The van der Waals surface area contributed by atoms with Crippen LogP contribution in [0.15, 0.2) is 0 Å². The Balaban J connectivity index is 3.04. The van der Waals surface area contributed by atoms with Gasteiger partial charge in [-0.3, -0.25) is 0 Å². The molecule has 0 radical (unpaired) electrons. The van der Waals surface area contributed by atoms with Crippen LogP contribution < -0.4 is 5.48 Å². The Kier molecular flexibility index (Phi) is 4.65. The summed E-state index contributed by atoms with van der Waals surface area (Å²) in [5.74, 6) is 0. The Hall–Kier alpha value is -0.0800. The predicted molar refractivity (Wildman–Crippen MR) is 43.7 cm³/mol. The van der Waals surface area contributed by atoms with Crippen molar-refractivity contribution >= 4 is 0 Å². The van der Waals surface area contributed by atoms with Gasteiger partial charge in [0.25, 0.3) is 0 Å². The third kappa shape index (κ3) is 7.92. The Morgan fingerprint density at radius 1 is 1.30 bits per heavy atom. The molecule has 0 aromatic heterocycles. The summed E-state index contributed by atoms with van der Waals surface area (Å²) in [5, 5.41) is 0. The maximum Gasteiger partial charge on any atom is 0.0653 e. The highest BCUT2D eigenvalue weighted by molar-refractivity contribution is 4.60. The highest BCUT2D eigenvalue weighted by Gasteiger charge is 2.08. The van der Waals surface area contributed by atoms with Crippen LogP contribution in [0.25, 0.3) is 0 Å². The number of hydrogen-bond donors (Lipinski definition) is 1. The van der Waals surface area contributed by atoms with Crippen molar-refractivity contribution in [3.8, 4) is 0 Å². The quantitative estimate of drug-likeness (QED) is 0.482. The van der Waals surface area contributed by atoms with Crippen molar-refractivity contribution in [1.82, 2.24) is 5.48 Å². The molecule has 0 aromatic carbocycles. The molecule has 62 valence electrons. The van der Waals surface area contributed by atoms with Gasteiger partial charge < -0.3 is 4.84 Å². The van der Waals surface area contributed by atoms with Crippen LogP contribution in [0.1, 0.15) is 34.1 Å². The lowest BCUT2D eigenvalue weighted by molar-refractivity contribution is 0.0449. The maximum atomic E-state index is 4.98. The first-order chi connectivity index (χ1) is 4.56. The number of rotatable bonds is 4. The van der Waals surface area contributed by atoms with Crippen LogP contribution in [0.2, 0.25) is 0 Å². The summed E-state index contributed by atoms with van der Waals surface area (Å²) in [6.07, 6.45) is 1.15. The third-order valence-electron chi connectivity index (χ3n) is 1.22. The molecule has 0 aromatic rings. The second-order valence-corrected chi connectivity index (χ2v) is 3.64. The van der Waals surface area contributed by atoms with Gasteiger partial charge in [-0.2, -0.15) is 0 Å². The summed E-state index contributed by atoms with van der Waals surface area (Å²) in [6, 6.07) is 0. The van der Waals surface area contributed by atoms with E-state index in [2.05, 4.69) is 26.3 Å². The minimum atomic E-state index is 0.407. The van der Waals surface area contributed by atoms with E-state index in [0.717, 1.165) is 19.6 Å². The van der Waals surface area contributed by atoms with Crippen molar-refractivity contribution in [2.24, 2.45) is 5.41 Å². The zero-order valence-electron chi connectivity index (χ0n) is 7.53. The van der Waals surface area contributed by atoms with Crippen molar-refractivity contribution < 1.29 is 4.84 Å². The van der Waals surface area contributed by atoms with Gasteiger partial charge in [-0.05, 0) is 18.8 Å².